The van der Waals surface area contributed by atoms with Crippen molar-refractivity contribution in [1.82, 2.24) is 10.6 Å². The molecule has 0 aliphatic rings. The van der Waals surface area contributed by atoms with Crippen LogP contribution >= 0.6 is 0 Å². The summed E-state index contributed by atoms with van der Waals surface area (Å²) in [7, 11) is 0. The summed E-state index contributed by atoms with van der Waals surface area (Å²) >= 11 is 0. The summed E-state index contributed by atoms with van der Waals surface area (Å²) in [6, 6.07) is 18.7. The van der Waals surface area contributed by atoms with E-state index < -0.39 is 23.8 Å². The van der Waals surface area contributed by atoms with E-state index in [0.29, 0.717) is 19.4 Å². The lowest BCUT2D eigenvalue weighted by atomic mass is 10.0. The van der Waals surface area contributed by atoms with Crippen LogP contribution in [-0.2, 0) is 32.2 Å². The Hall–Kier alpha value is -3.55. The van der Waals surface area contributed by atoms with Crippen LogP contribution in [-0.4, -0.2) is 36.8 Å². The van der Waals surface area contributed by atoms with Gasteiger partial charge in [0.25, 0.3) is 0 Å². The molecule has 178 valence electrons. The van der Waals surface area contributed by atoms with Crippen LogP contribution in [0.2, 0.25) is 0 Å². The van der Waals surface area contributed by atoms with Crippen molar-refractivity contribution in [1.29, 1.82) is 0 Å². The van der Waals surface area contributed by atoms with Gasteiger partial charge in [0.1, 0.15) is 25.4 Å². The molecule has 0 fully saturated rings. The van der Waals surface area contributed by atoms with Gasteiger partial charge in [-0.1, -0.05) is 60.7 Å². The summed E-state index contributed by atoms with van der Waals surface area (Å²) in [5.74, 6) is -0.543. The lowest BCUT2D eigenvalue weighted by Crippen LogP contribution is -2.37. The second-order valence-corrected chi connectivity index (χ2v) is 8.09. The highest BCUT2D eigenvalue weighted by Crippen LogP contribution is 2.18. The fourth-order valence-corrected chi connectivity index (χ4v) is 2.91. The molecule has 2 amide bonds. The molecule has 8 nitrogen and oxygen atoms in total. The van der Waals surface area contributed by atoms with Crippen molar-refractivity contribution in [2.24, 2.45) is 0 Å². The minimum Gasteiger partial charge on any atom is -0.460 e. The highest BCUT2D eigenvalue weighted by molar-refractivity contribution is 5.78. The van der Waals surface area contributed by atoms with Gasteiger partial charge in [-0.2, -0.15) is 0 Å². The average Bonchev–Trinajstić information content (AvgIpc) is 2.81. The maximum absolute atomic E-state index is 12.0. The van der Waals surface area contributed by atoms with Gasteiger partial charge in [0, 0.05) is 6.54 Å². The van der Waals surface area contributed by atoms with E-state index in [9.17, 15) is 14.4 Å². The molecule has 0 bridgehead atoms. The van der Waals surface area contributed by atoms with E-state index in [-0.39, 0.29) is 19.8 Å². The van der Waals surface area contributed by atoms with Crippen LogP contribution in [0.3, 0.4) is 0 Å². The number of carbonyl (C=O) groups excluding carboxylic acids is 3. The van der Waals surface area contributed by atoms with Crippen molar-refractivity contribution < 1.29 is 28.6 Å². The zero-order valence-electron chi connectivity index (χ0n) is 19.2. The van der Waals surface area contributed by atoms with E-state index >= 15 is 0 Å². The molecule has 0 radical (unpaired) electrons. The first-order valence-corrected chi connectivity index (χ1v) is 10.9. The van der Waals surface area contributed by atoms with Crippen molar-refractivity contribution in [3.63, 3.8) is 0 Å². The number of benzene rings is 2. The van der Waals surface area contributed by atoms with Gasteiger partial charge in [0.05, 0.1) is 0 Å². The summed E-state index contributed by atoms with van der Waals surface area (Å²) in [5, 5.41) is 5.11. The smallest absolute Gasteiger partial charge is 0.408 e. The molecule has 2 aromatic carbocycles. The van der Waals surface area contributed by atoms with E-state index in [1.54, 1.807) is 13.8 Å². The average molecular weight is 457 g/mol. The van der Waals surface area contributed by atoms with E-state index in [1.165, 1.54) is 0 Å². The Morgan fingerprint density at radius 2 is 1.33 bits per heavy atom. The van der Waals surface area contributed by atoms with Crippen molar-refractivity contribution in [3.8, 4) is 0 Å². The predicted octanol–water partition coefficient (Wildman–Crippen LogP) is 4.33. The van der Waals surface area contributed by atoms with E-state index in [0.717, 1.165) is 17.5 Å². The summed E-state index contributed by atoms with van der Waals surface area (Å²) in [5.41, 5.74) is 1.08. The number of esters is 1. The molecule has 0 aliphatic carbocycles. The standard InChI is InChI=1S/C25H32N2O6/c1-25(2,15-9-10-16-26-23(29)32-19-21-13-7-4-8-14-21)33-24(30)27-17-22(28)31-18-20-11-5-3-6-12-20/h3-8,11-14H,9-10,15-19H2,1-2H3,(H,26,29)(H,27,30). The van der Waals surface area contributed by atoms with E-state index in [4.69, 9.17) is 14.2 Å². The zero-order valence-corrected chi connectivity index (χ0v) is 19.2. The van der Waals surface area contributed by atoms with Gasteiger partial charge >= 0.3 is 18.2 Å². The molecule has 2 N–H and O–H groups in total. The van der Waals surface area contributed by atoms with Crippen molar-refractivity contribution in [3.05, 3.63) is 71.8 Å². The SMILES string of the molecule is CC(C)(CCCCNC(=O)OCc1ccccc1)OC(=O)NCC(=O)OCc1ccccc1. The number of nitrogens with one attached hydrogen (secondary N) is 2. The van der Waals surface area contributed by atoms with Crippen LogP contribution < -0.4 is 10.6 Å². The normalized spacial score (nSPS) is 10.7. The number of ether oxygens (including phenoxy) is 3. The number of rotatable bonds is 12. The molecular formula is C25H32N2O6. The molecule has 0 unspecified atom stereocenters. The largest absolute Gasteiger partial charge is 0.460 e. The third kappa shape index (κ3) is 11.6. The highest BCUT2D eigenvalue weighted by atomic mass is 16.6. The van der Waals surface area contributed by atoms with Crippen LogP contribution in [0.1, 0.15) is 44.2 Å². The minimum atomic E-state index is -0.716. The molecule has 0 saturated carbocycles. The van der Waals surface area contributed by atoms with Gasteiger partial charge in [-0.25, -0.2) is 9.59 Å². The molecule has 2 aromatic rings. The third-order valence-electron chi connectivity index (χ3n) is 4.68. The molecule has 0 aliphatic heterocycles. The number of alkyl carbamates (subject to hydrolysis) is 2. The summed E-state index contributed by atoms with van der Waals surface area (Å²) < 4.78 is 15.7. The van der Waals surface area contributed by atoms with Crippen LogP contribution in [0.4, 0.5) is 9.59 Å². The van der Waals surface area contributed by atoms with Crippen molar-refractivity contribution in [2.45, 2.75) is 51.9 Å². The molecule has 8 heteroatoms. The molecule has 0 heterocycles. The first kappa shape index (κ1) is 25.7. The van der Waals surface area contributed by atoms with Crippen molar-refractivity contribution >= 4 is 18.2 Å². The molecule has 0 aromatic heterocycles. The Morgan fingerprint density at radius 3 is 1.94 bits per heavy atom. The maximum atomic E-state index is 12.0. The lowest BCUT2D eigenvalue weighted by Gasteiger charge is -2.25. The number of carbonyl (C=O) groups is 3. The topological polar surface area (TPSA) is 103 Å². The number of hydrogen-bond donors (Lipinski definition) is 2. The summed E-state index contributed by atoms with van der Waals surface area (Å²) in [6.07, 6.45) is 0.894. The van der Waals surface area contributed by atoms with E-state index in [1.807, 2.05) is 60.7 Å². The minimum absolute atomic E-state index is 0.149. The van der Waals surface area contributed by atoms with Crippen LogP contribution in [0, 0.1) is 0 Å². The van der Waals surface area contributed by atoms with Crippen LogP contribution in [0.15, 0.2) is 60.7 Å². The number of amides is 2. The van der Waals surface area contributed by atoms with Crippen molar-refractivity contribution in [2.75, 3.05) is 13.1 Å². The molecule has 2 rings (SSSR count). The van der Waals surface area contributed by atoms with Gasteiger partial charge in [-0.15, -0.1) is 0 Å². The monoisotopic (exact) mass is 456 g/mol. The Morgan fingerprint density at radius 1 is 0.758 bits per heavy atom. The lowest BCUT2D eigenvalue weighted by molar-refractivity contribution is -0.143. The Balaban J connectivity index is 1.52. The third-order valence-corrected chi connectivity index (χ3v) is 4.68. The quantitative estimate of drug-likeness (QED) is 0.280. The fourth-order valence-electron chi connectivity index (χ4n) is 2.91. The number of unbranched alkanes of at least 4 members (excludes halogenated alkanes) is 1. The Labute approximate surface area is 194 Å². The zero-order chi connectivity index (χ0) is 23.9. The first-order chi connectivity index (χ1) is 15.8. The number of hydrogen-bond acceptors (Lipinski definition) is 6. The summed E-state index contributed by atoms with van der Waals surface area (Å²) in [6.45, 7) is 4.15. The van der Waals surface area contributed by atoms with Crippen LogP contribution in [0.5, 0.6) is 0 Å². The van der Waals surface area contributed by atoms with Gasteiger partial charge in [-0.05, 0) is 44.2 Å². The molecular weight excluding hydrogens is 424 g/mol. The Kier molecular flexibility index (Phi) is 10.7. The second-order valence-electron chi connectivity index (χ2n) is 8.09. The van der Waals surface area contributed by atoms with Gasteiger partial charge in [-0.3, -0.25) is 4.79 Å². The molecule has 33 heavy (non-hydrogen) atoms. The highest BCUT2D eigenvalue weighted by Gasteiger charge is 2.22. The van der Waals surface area contributed by atoms with Gasteiger partial charge < -0.3 is 24.8 Å². The molecule has 0 atom stereocenters. The molecule has 0 spiro atoms. The van der Waals surface area contributed by atoms with Gasteiger partial charge in [0.15, 0.2) is 0 Å². The maximum Gasteiger partial charge on any atom is 0.408 e. The van der Waals surface area contributed by atoms with Crippen LogP contribution in [0.25, 0.3) is 0 Å². The Bertz CT molecular complexity index is 871. The summed E-state index contributed by atoms with van der Waals surface area (Å²) in [4.78, 5) is 35.5. The van der Waals surface area contributed by atoms with E-state index in [2.05, 4.69) is 10.6 Å². The van der Waals surface area contributed by atoms with Gasteiger partial charge in [0.2, 0.25) is 0 Å². The second kappa shape index (κ2) is 13.8. The fraction of sp³-hybridized carbons (Fsp3) is 0.400. The first-order valence-electron chi connectivity index (χ1n) is 10.9. The molecule has 0 saturated heterocycles. The predicted molar refractivity (Wildman–Crippen MR) is 123 cm³/mol.